The maximum absolute atomic E-state index is 11.5. The maximum Gasteiger partial charge on any atom is 0.329 e. The van der Waals surface area contributed by atoms with Crippen LogP contribution in [0.15, 0.2) is 51.1 Å². The molecule has 1 N–H and O–H groups in total. The van der Waals surface area contributed by atoms with Crippen LogP contribution in [0.25, 0.3) is 0 Å². The number of nitrogens with one attached hydrogen (secondary N) is 1. The standard InChI is InChI=1S/C14H16N4O2/c1-17-13(19)10-12(16-14(17)20)18(2)15-9-8-11-6-4-3-5-7-11/h3-7,9-10H,8H2,1-2H3,(H,16,20). The molecule has 2 rings (SSSR count). The first-order chi connectivity index (χ1) is 9.58. The summed E-state index contributed by atoms with van der Waals surface area (Å²) in [5.41, 5.74) is 0.314. The molecule has 0 radical (unpaired) electrons. The Morgan fingerprint density at radius 1 is 1.30 bits per heavy atom. The topological polar surface area (TPSA) is 70.5 Å². The summed E-state index contributed by atoms with van der Waals surface area (Å²) in [6.07, 6.45) is 2.41. The number of anilines is 1. The van der Waals surface area contributed by atoms with Gasteiger partial charge in [-0.05, 0) is 5.56 Å². The molecule has 104 valence electrons. The Bertz CT molecular complexity index is 685. The van der Waals surface area contributed by atoms with E-state index in [1.54, 1.807) is 13.3 Å². The molecule has 0 atom stereocenters. The molecule has 0 unspecified atom stereocenters. The van der Waals surface area contributed by atoms with Gasteiger partial charge < -0.3 is 0 Å². The largest absolute Gasteiger partial charge is 0.329 e. The molecule has 0 spiro atoms. The lowest BCUT2D eigenvalue weighted by Gasteiger charge is -2.12. The lowest BCUT2D eigenvalue weighted by Crippen LogP contribution is -2.33. The van der Waals surface area contributed by atoms with E-state index in [1.807, 2.05) is 30.3 Å². The second kappa shape index (κ2) is 6.01. The van der Waals surface area contributed by atoms with Gasteiger partial charge in [-0.1, -0.05) is 30.3 Å². The van der Waals surface area contributed by atoms with Gasteiger partial charge in [0, 0.05) is 32.8 Å². The Hall–Kier alpha value is -2.63. The molecule has 0 bridgehead atoms. The fourth-order valence-electron chi connectivity index (χ4n) is 1.66. The van der Waals surface area contributed by atoms with Crippen molar-refractivity contribution in [2.24, 2.45) is 12.1 Å². The Labute approximate surface area is 116 Å². The molecule has 20 heavy (non-hydrogen) atoms. The normalized spacial score (nSPS) is 10.9. The van der Waals surface area contributed by atoms with Crippen molar-refractivity contribution in [3.63, 3.8) is 0 Å². The summed E-state index contributed by atoms with van der Waals surface area (Å²) in [6, 6.07) is 11.2. The molecular formula is C14H16N4O2. The Morgan fingerprint density at radius 3 is 2.65 bits per heavy atom. The van der Waals surface area contributed by atoms with E-state index in [0.29, 0.717) is 12.2 Å². The summed E-state index contributed by atoms with van der Waals surface area (Å²) in [6.45, 7) is 0. The number of rotatable bonds is 4. The smallest absolute Gasteiger partial charge is 0.292 e. The number of nitrogens with zero attached hydrogens (tertiary/aromatic N) is 3. The van der Waals surface area contributed by atoms with E-state index < -0.39 is 5.69 Å². The number of aromatic nitrogens is 2. The first kappa shape index (κ1) is 13.8. The SMILES string of the molecule is CN(N=CCc1ccccc1)c1cc(=O)n(C)c(=O)[nH]1. The molecule has 1 aromatic heterocycles. The third-order valence-electron chi connectivity index (χ3n) is 2.90. The second-order valence-corrected chi connectivity index (χ2v) is 4.37. The van der Waals surface area contributed by atoms with Gasteiger partial charge in [-0.3, -0.25) is 19.4 Å². The van der Waals surface area contributed by atoms with Gasteiger partial charge in [0.1, 0.15) is 5.82 Å². The van der Waals surface area contributed by atoms with E-state index in [4.69, 9.17) is 0 Å². The van der Waals surface area contributed by atoms with Crippen molar-refractivity contribution in [1.82, 2.24) is 9.55 Å². The number of hydrogen-bond acceptors (Lipinski definition) is 4. The molecule has 0 aliphatic rings. The molecular weight excluding hydrogens is 256 g/mol. The van der Waals surface area contributed by atoms with E-state index in [1.165, 1.54) is 18.1 Å². The van der Waals surface area contributed by atoms with Crippen molar-refractivity contribution >= 4 is 12.0 Å². The van der Waals surface area contributed by atoms with E-state index in [0.717, 1.165) is 10.1 Å². The van der Waals surface area contributed by atoms with Crippen LogP contribution < -0.4 is 16.3 Å². The number of hydrazone groups is 1. The van der Waals surface area contributed by atoms with Crippen molar-refractivity contribution in [2.45, 2.75) is 6.42 Å². The lowest BCUT2D eigenvalue weighted by molar-refractivity contribution is 0.766. The Kier molecular flexibility index (Phi) is 4.14. The maximum atomic E-state index is 11.5. The summed E-state index contributed by atoms with van der Waals surface area (Å²) >= 11 is 0. The van der Waals surface area contributed by atoms with Gasteiger partial charge in [0.05, 0.1) is 0 Å². The second-order valence-electron chi connectivity index (χ2n) is 4.37. The fourth-order valence-corrected chi connectivity index (χ4v) is 1.66. The quantitative estimate of drug-likeness (QED) is 0.659. The van der Waals surface area contributed by atoms with Crippen LogP contribution in [-0.4, -0.2) is 22.8 Å². The van der Waals surface area contributed by atoms with Gasteiger partial charge >= 0.3 is 5.69 Å². The fraction of sp³-hybridized carbons (Fsp3) is 0.214. The molecule has 0 aliphatic heterocycles. The molecule has 0 saturated carbocycles. The van der Waals surface area contributed by atoms with Crippen LogP contribution in [-0.2, 0) is 13.5 Å². The van der Waals surface area contributed by atoms with Gasteiger partial charge in [0.2, 0.25) is 0 Å². The van der Waals surface area contributed by atoms with Crippen LogP contribution in [0.3, 0.4) is 0 Å². The minimum atomic E-state index is -0.461. The zero-order chi connectivity index (χ0) is 14.5. The highest BCUT2D eigenvalue weighted by atomic mass is 16.2. The van der Waals surface area contributed by atoms with Gasteiger partial charge in [-0.2, -0.15) is 5.10 Å². The summed E-state index contributed by atoms with van der Waals surface area (Å²) < 4.78 is 1.00. The third-order valence-corrected chi connectivity index (χ3v) is 2.90. The molecule has 2 aromatic rings. The van der Waals surface area contributed by atoms with Crippen molar-refractivity contribution in [3.05, 3.63) is 62.8 Å². The molecule has 0 aliphatic carbocycles. The zero-order valence-corrected chi connectivity index (χ0v) is 11.4. The monoisotopic (exact) mass is 272 g/mol. The highest BCUT2D eigenvalue weighted by Gasteiger charge is 2.03. The third kappa shape index (κ3) is 3.23. The van der Waals surface area contributed by atoms with Gasteiger partial charge in [0.25, 0.3) is 5.56 Å². The number of hydrogen-bond donors (Lipinski definition) is 1. The van der Waals surface area contributed by atoms with E-state index >= 15 is 0 Å². The molecule has 6 nitrogen and oxygen atoms in total. The molecule has 0 saturated heterocycles. The van der Waals surface area contributed by atoms with E-state index in [2.05, 4.69) is 10.1 Å². The van der Waals surface area contributed by atoms with Crippen molar-refractivity contribution in [1.29, 1.82) is 0 Å². The van der Waals surface area contributed by atoms with Gasteiger partial charge in [-0.15, -0.1) is 0 Å². The number of H-pyrrole nitrogens is 1. The van der Waals surface area contributed by atoms with Crippen LogP contribution in [0, 0.1) is 0 Å². The number of benzene rings is 1. The number of aromatic amines is 1. The minimum Gasteiger partial charge on any atom is -0.292 e. The first-order valence-electron chi connectivity index (χ1n) is 6.18. The molecule has 1 heterocycles. The molecule has 0 amide bonds. The van der Waals surface area contributed by atoms with Gasteiger partial charge in [-0.25, -0.2) is 4.79 Å². The van der Waals surface area contributed by atoms with Crippen molar-refractivity contribution in [2.75, 3.05) is 12.1 Å². The van der Waals surface area contributed by atoms with Crippen LogP contribution in [0.5, 0.6) is 0 Å². The predicted octanol–water partition coefficient (Wildman–Crippen LogP) is 0.738. The minimum absolute atomic E-state index is 0.363. The lowest BCUT2D eigenvalue weighted by atomic mass is 10.2. The Balaban J connectivity index is 2.10. The summed E-state index contributed by atoms with van der Waals surface area (Å²) in [4.78, 5) is 25.6. The van der Waals surface area contributed by atoms with Crippen LogP contribution in [0.2, 0.25) is 0 Å². The summed E-state index contributed by atoms with van der Waals surface area (Å²) in [5.74, 6) is 0.363. The zero-order valence-electron chi connectivity index (χ0n) is 11.4. The molecule has 6 heteroatoms. The van der Waals surface area contributed by atoms with E-state index in [9.17, 15) is 9.59 Å². The van der Waals surface area contributed by atoms with Gasteiger partial charge in [0.15, 0.2) is 0 Å². The Morgan fingerprint density at radius 2 is 2.00 bits per heavy atom. The highest BCUT2D eigenvalue weighted by Crippen LogP contribution is 2.03. The summed E-state index contributed by atoms with van der Waals surface area (Å²) in [5, 5.41) is 5.66. The molecule has 0 fully saturated rings. The van der Waals surface area contributed by atoms with Crippen molar-refractivity contribution < 1.29 is 0 Å². The first-order valence-corrected chi connectivity index (χ1v) is 6.18. The van der Waals surface area contributed by atoms with Crippen LogP contribution in [0.1, 0.15) is 5.56 Å². The summed E-state index contributed by atoms with van der Waals surface area (Å²) in [7, 11) is 3.09. The molecule has 1 aromatic carbocycles. The highest BCUT2D eigenvalue weighted by molar-refractivity contribution is 5.62. The average molecular weight is 272 g/mol. The van der Waals surface area contributed by atoms with Crippen LogP contribution >= 0.6 is 0 Å². The predicted molar refractivity (Wildman–Crippen MR) is 79.3 cm³/mol. The van der Waals surface area contributed by atoms with Crippen molar-refractivity contribution in [3.8, 4) is 0 Å². The van der Waals surface area contributed by atoms with E-state index in [-0.39, 0.29) is 5.56 Å². The van der Waals surface area contributed by atoms with Crippen LogP contribution in [0.4, 0.5) is 5.82 Å². The average Bonchev–Trinajstić information content (AvgIpc) is 2.45.